The minimum Gasteiger partial charge on any atom is -0.496 e. The van der Waals surface area contributed by atoms with E-state index >= 15 is 0 Å². The summed E-state index contributed by atoms with van der Waals surface area (Å²) in [5, 5.41) is 0. The standard InChI is InChI=1S/C19H16O3S/c1-21-16-10-6-5-9-15(16)13-23-18-12-11-17(22-19(18)20)14-7-3-2-4-8-14/h2-12H,13H2,1H3. The van der Waals surface area contributed by atoms with E-state index in [-0.39, 0.29) is 5.63 Å². The van der Waals surface area contributed by atoms with E-state index in [2.05, 4.69) is 0 Å². The molecule has 0 saturated carbocycles. The second-order valence-electron chi connectivity index (χ2n) is 4.92. The minimum atomic E-state index is -0.314. The van der Waals surface area contributed by atoms with Crippen molar-refractivity contribution in [2.75, 3.05) is 7.11 Å². The third-order valence-electron chi connectivity index (χ3n) is 3.42. The van der Waals surface area contributed by atoms with Crippen LogP contribution in [0.1, 0.15) is 5.56 Å². The number of thioether (sulfide) groups is 1. The SMILES string of the molecule is COc1ccccc1CSc1ccc(-c2ccccc2)oc1=O. The van der Waals surface area contributed by atoms with Crippen molar-refractivity contribution in [3.8, 4) is 17.1 Å². The van der Waals surface area contributed by atoms with Crippen LogP contribution in [0.15, 0.2) is 80.8 Å². The van der Waals surface area contributed by atoms with Crippen LogP contribution < -0.4 is 10.4 Å². The Morgan fingerprint density at radius 1 is 0.957 bits per heavy atom. The largest absolute Gasteiger partial charge is 0.496 e. The molecule has 0 fully saturated rings. The van der Waals surface area contributed by atoms with E-state index in [1.807, 2.05) is 66.7 Å². The first-order valence-corrected chi connectivity index (χ1v) is 8.21. The van der Waals surface area contributed by atoms with Gasteiger partial charge in [-0.1, -0.05) is 48.5 Å². The lowest BCUT2D eigenvalue weighted by molar-refractivity contribution is 0.411. The molecule has 0 bridgehead atoms. The van der Waals surface area contributed by atoms with Crippen molar-refractivity contribution in [1.29, 1.82) is 0 Å². The van der Waals surface area contributed by atoms with Crippen molar-refractivity contribution >= 4 is 11.8 Å². The molecule has 23 heavy (non-hydrogen) atoms. The number of hydrogen-bond donors (Lipinski definition) is 0. The molecule has 0 N–H and O–H groups in total. The van der Waals surface area contributed by atoms with Crippen LogP contribution in [-0.4, -0.2) is 7.11 Å². The lowest BCUT2D eigenvalue weighted by atomic mass is 10.2. The van der Waals surface area contributed by atoms with E-state index in [4.69, 9.17) is 9.15 Å². The summed E-state index contributed by atoms with van der Waals surface area (Å²) in [6.07, 6.45) is 0. The van der Waals surface area contributed by atoms with Crippen molar-refractivity contribution in [2.45, 2.75) is 10.6 Å². The van der Waals surface area contributed by atoms with Crippen LogP contribution in [0.25, 0.3) is 11.3 Å². The van der Waals surface area contributed by atoms with Crippen LogP contribution in [0.3, 0.4) is 0 Å². The van der Waals surface area contributed by atoms with E-state index in [9.17, 15) is 4.79 Å². The Morgan fingerprint density at radius 3 is 2.43 bits per heavy atom. The third kappa shape index (κ3) is 3.66. The maximum atomic E-state index is 12.2. The van der Waals surface area contributed by atoms with Gasteiger partial charge in [0.1, 0.15) is 11.5 Å². The predicted molar refractivity (Wildman–Crippen MR) is 93.0 cm³/mol. The monoisotopic (exact) mass is 324 g/mol. The Labute approximate surface area is 138 Å². The summed E-state index contributed by atoms with van der Waals surface area (Å²) in [5.74, 6) is 2.06. The molecule has 0 radical (unpaired) electrons. The highest BCUT2D eigenvalue weighted by molar-refractivity contribution is 7.98. The number of ether oxygens (including phenoxy) is 1. The second kappa shape index (κ2) is 7.20. The topological polar surface area (TPSA) is 39.4 Å². The number of benzene rings is 2. The average Bonchev–Trinajstić information content (AvgIpc) is 2.61. The fourth-order valence-electron chi connectivity index (χ4n) is 2.25. The van der Waals surface area contributed by atoms with Gasteiger partial charge in [0.05, 0.1) is 12.0 Å². The number of hydrogen-bond acceptors (Lipinski definition) is 4. The Kier molecular flexibility index (Phi) is 4.83. The zero-order valence-electron chi connectivity index (χ0n) is 12.7. The smallest absolute Gasteiger partial charge is 0.350 e. The van der Waals surface area contributed by atoms with Gasteiger partial charge in [0.2, 0.25) is 0 Å². The lowest BCUT2D eigenvalue weighted by Gasteiger charge is -2.07. The number of methoxy groups -OCH3 is 1. The molecule has 1 aromatic heterocycles. The zero-order valence-corrected chi connectivity index (χ0v) is 13.5. The molecule has 0 unspecified atom stereocenters. The summed E-state index contributed by atoms with van der Waals surface area (Å²) in [7, 11) is 1.65. The van der Waals surface area contributed by atoms with E-state index in [0.717, 1.165) is 16.9 Å². The van der Waals surface area contributed by atoms with Crippen molar-refractivity contribution in [2.24, 2.45) is 0 Å². The van der Waals surface area contributed by atoms with E-state index in [0.29, 0.717) is 16.4 Å². The summed E-state index contributed by atoms with van der Waals surface area (Å²) in [6.45, 7) is 0. The molecule has 3 rings (SSSR count). The summed E-state index contributed by atoms with van der Waals surface area (Å²) in [5.41, 5.74) is 1.63. The molecule has 1 heterocycles. The van der Waals surface area contributed by atoms with Crippen molar-refractivity contribution in [1.82, 2.24) is 0 Å². The summed E-state index contributed by atoms with van der Waals surface area (Å²) >= 11 is 1.45. The molecule has 116 valence electrons. The highest BCUT2D eigenvalue weighted by Crippen LogP contribution is 2.27. The first kappa shape index (κ1) is 15.4. The van der Waals surface area contributed by atoms with E-state index in [1.165, 1.54) is 11.8 Å². The zero-order chi connectivity index (χ0) is 16.1. The number of rotatable bonds is 5. The van der Waals surface area contributed by atoms with Gasteiger partial charge in [-0.05, 0) is 18.2 Å². The highest BCUT2D eigenvalue weighted by Gasteiger charge is 2.08. The third-order valence-corrected chi connectivity index (χ3v) is 4.49. The average molecular weight is 324 g/mol. The van der Waals surface area contributed by atoms with E-state index in [1.54, 1.807) is 7.11 Å². The Bertz CT molecular complexity index is 840. The summed E-state index contributed by atoms with van der Waals surface area (Å²) in [4.78, 5) is 12.8. The molecule has 0 amide bonds. The molecule has 0 spiro atoms. The van der Waals surface area contributed by atoms with Gasteiger partial charge >= 0.3 is 5.63 Å². The molecule has 0 aliphatic rings. The molecular weight excluding hydrogens is 308 g/mol. The fourth-order valence-corrected chi connectivity index (χ4v) is 3.12. The van der Waals surface area contributed by atoms with E-state index < -0.39 is 0 Å². The van der Waals surface area contributed by atoms with Crippen molar-refractivity contribution < 1.29 is 9.15 Å². The van der Waals surface area contributed by atoms with Crippen molar-refractivity contribution in [3.05, 3.63) is 82.7 Å². The molecule has 2 aromatic carbocycles. The maximum absolute atomic E-state index is 12.2. The van der Waals surface area contributed by atoms with Crippen LogP contribution in [0.4, 0.5) is 0 Å². The molecule has 4 heteroatoms. The lowest BCUT2D eigenvalue weighted by Crippen LogP contribution is -2.02. The maximum Gasteiger partial charge on any atom is 0.350 e. The molecule has 0 aliphatic carbocycles. The van der Waals surface area contributed by atoms with Gasteiger partial charge in [-0.3, -0.25) is 0 Å². The van der Waals surface area contributed by atoms with Crippen LogP contribution >= 0.6 is 11.8 Å². The summed E-state index contributed by atoms with van der Waals surface area (Å²) in [6, 6.07) is 21.0. The van der Waals surface area contributed by atoms with Gasteiger partial charge in [-0.25, -0.2) is 4.79 Å². The van der Waals surface area contributed by atoms with Gasteiger partial charge < -0.3 is 9.15 Å². The van der Waals surface area contributed by atoms with Crippen LogP contribution in [-0.2, 0) is 5.75 Å². The number of para-hydroxylation sites is 1. The molecule has 3 nitrogen and oxygen atoms in total. The Morgan fingerprint density at radius 2 is 1.70 bits per heavy atom. The molecule has 0 atom stereocenters. The first-order valence-electron chi connectivity index (χ1n) is 7.22. The quantitative estimate of drug-likeness (QED) is 0.643. The molecule has 3 aromatic rings. The van der Waals surface area contributed by atoms with Crippen LogP contribution in [0.5, 0.6) is 5.75 Å². The Balaban J connectivity index is 1.78. The van der Waals surface area contributed by atoms with Gasteiger partial charge in [0, 0.05) is 16.9 Å². The minimum absolute atomic E-state index is 0.314. The van der Waals surface area contributed by atoms with Gasteiger partial charge in [-0.15, -0.1) is 11.8 Å². The summed E-state index contributed by atoms with van der Waals surface area (Å²) < 4.78 is 10.8. The first-order chi connectivity index (χ1) is 11.3. The molecule has 0 saturated heterocycles. The normalized spacial score (nSPS) is 10.5. The molecule has 0 aliphatic heterocycles. The van der Waals surface area contributed by atoms with Gasteiger partial charge in [-0.2, -0.15) is 0 Å². The Hall–Kier alpha value is -2.46. The molecular formula is C19H16O3S. The van der Waals surface area contributed by atoms with Crippen molar-refractivity contribution in [3.63, 3.8) is 0 Å². The second-order valence-corrected chi connectivity index (χ2v) is 5.94. The van der Waals surface area contributed by atoms with Crippen LogP contribution in [0, 0.1) is 0 Å². The van der Waals surface area contributed by atoms with Crippen LogP contribution in [0.2, 0.25) is 0 Å². The van der Waals surface area contributed by atoms with Gasteiger partial charge in [0.25, 0.3) is 0 Å². The highest BCUT2D eigenvalue weighted by atomic mass is 32.2. The van der Waals surface area contributed by atoms with Gasteiger partial charge in [0.15, 0.2) is 0 Å². The fraction of sp³-hybridized carbons (Fsp3) is 0.105. The predicted octanol–water partition coefficient (Wildman–Crippen LogP) is 4.61.